The summed E-state index contributed by atoms with van der Waals surface area (Å²) in [6.45, 7) is 7.05. The van der Waals surface area contributed by atoms with Crippen molar-refractivity contribution in [2.24, 2.45) is 0 Å². The van der Waals surface area contributed by atoms with E-state index in [9.17, 15) is 9.59 Å². The summed E-state index contributed by atoms with van der Waals surface area (Å²) in [5, 5.41) is -0.0883. The predicted molar refractivity (Wildman–Crippen MR) is 77.9 cm³/mol. The van der Waals surface area contributed by atoms with Crippen molar-refractivity contribution in [3.63, 3.8) is 0 Å². The Labute approximate surface area is 117 Å². The van der Waals surface area contributed by atoms with E-state index < -0.39 is 0 Å². The zero-order valence-electron chi connectivity index (χ0n) is 11.0. The van der Waals surface area contributed by atoms with Gasteiger partial charge in [0.05, 0.1) is 6.26 Å². The summed E-state index contributed by atoms with van der Waals surface area (Å²) in [6.07, 6.45) is 2.88. The average Bonchev–Trinajstić information content (AvgIpc) is 2.39. The molecule has 0 N–H and O–H groups in total. The van der Waals surface area contributed by atoms with Gasteiger partial charge in [0, 0.05) is 17.7 Å². The Morgan fingerprint density at radius 2 is 1.95 bits per heavy atom. The largest absolute Gasteiger partial charge is 0.435 e. The van der Waals surface area contributed by atoms with Gasteiger partial charge in [-0.2, -0.15) is 0 Å². The molecule has 0 heterocycles. The van der Waals surface area contributed by atoms with E-state index in [2.05, 4.69) is 11.3 Å². The van der Waals surface area contributed by atoms with Gasteiger partial charge in [-0.1, -0.05) is 48.7 Å². The molecule has 0 amide bonds. The van der Waals surface area contributed by atoms with E-state index in [4.69, 9.17) is 0 Å². The number of rotatable bonds is 5. The number of carbonyl (C=O) groups excluding carboxylic acids is 2. The maximum absolute atomic E-state index is 12.0. The SMILES string of the molecule is C=C(/C=C/OC(C)=O)C(C)SC(=O)c1ccccc1. The number of hydrogen-bond acceptors (Lipinski definition) is 4. The summed E-state index contributed by atoms with van der Waals surface area (Å²) >= 11 is 1.19. The van der Waals surface area contributed by atoms with Crippen molar-refractivity contribution in [2.45, 2.75) is 19.1 Å². The number of carbonyl (C=O) groups is 2. The maximum atomic E-state index is 12.0. The lowest BCUT2D eigenvalue weighted by Gasteiger charge is -2.10. The van der Waals surface area contributed by atoms with Gasteiger partial charge in [-0.25, -0.2) is 0 Å². The summed E-state index contributed by atoms with van der Waals surface area (Å²) < 4.78 is 4.68. The Kier molecular flexibility index (Phi) is 6.09. The van der Waals surface area contributed by atoms with Gasteiger partial charge in [-0.3, -0.25) is 9.59 Å². The molecule has 0 spiro atoms. The molecule has 0 saturated carbocycles. The Balaban J connectivity index is 2.53. The highest BCUT2D eigenvalue weighted by atomic mass is 32.2. The number of hydrogen-bond donors (Lipinski definition) is 0. The van der Waals surface area contributed by atoms with Crippen LogP contribution in [0.2, 0.25) is 0 Å². The van der Waals surface area contributed by atoms with Crippen molar-refractivity contribution in [1.82, 2.24) is 0 Å². The first-order valence-corrected chi connectivity index (χ1v) is 6.67. The first-order chi connectivity index (χ1) is 9.00. The molecule has 0 fully saturated rings. The number of ether oxygens (including phenoxy) is 1. The van der Waals surface area contributed by atoms with E-state index in [1.54, 1.807) is 18.2 Å². The van der Waals surface area contributed by atoms with Crippen LogP contribution < -0.4 is 0 Å². The van der Waals surface area contributed by atoms with Crippen molar-refractivity contribution in [3.8, 4) is 0 Å². The fourth-order valence-corrected chi connectivity index (χ4v) is 2.05. The molecule has 0 aliphatic carbocycles. The Morgan fingerprint density at radius 1 is 1.32 bits per heavy atom. The smallest absolute Gasteiger partial charge is 0.307 e. The summed E-state index contributed by atoms with van der Waals surface area (Å²) in [5.41, 5.74) is 1.38. The first kappa shape index (κ1) is 15.2. The number of esters is 1. The van der Waals surface area contributed by atoms with Crippen LogP contribution in [0.4, 0.5) is 0 Å². The van der Waals surface area contributed by atoms with Crippen molar-refractivity contribution < 1.29 is 14.3 Å². The van der Waals surface area contributed by atoms with Crippen molar-refractivity contribution >= 4 is 22.8 Å². The highest BCUT2D eigenvalue weighted by molar-refractivity contribution is 8.14. The summed E-state index contributed by atoms with van der Waals surface area (Å²) in [4.78, 5) is 22.5. The molecular weight excluding hydrogens is 260 g/mol. The zero-order valence-corrected chi connectivity index (χ0v) is 11.8. The van der Waals surface area contributed by atoms with Gasteiger partial charge in [-0.15, -0.1) is 0 Å². The standard InChI is InChI=1S/C15H16O3S/c1-11(9-10-18-13(3)16)12(2)19-15(17)14-7-5-4-6-8-14/h4-10,12H,1H2,2-3H3/b10-9+. The Morgan fingerprint density at radius 3 is 2.53 bits per heavy atom. The fraction of sp³-hybridized carbons (Fsp3) is 0.200. The molecule has 1 aromatic rings. The summed E-state index contributed by atoms with van der Waals surface area (Å²) in [7, 11) is 0. The van der Waals surface area contributed by atoms with Crippen molar-refractivity contribution in [3.05, 3.63) is 60.4 Å². The normalized spacial score (nSPS) is 12.1. The second-order valence-electron chi connectivity index (χ2n) is 3.90. The molecule has 0 aliphatic rings. The van der Waals surface area contributed by atoms with Crippen LogP contribution in [0.3, 0.4) is 0 Å². The summed E-state index contributed by atoms with van der Waals surface area (Å²) in [5.74, 6) is -0.385. The quantitative estimate of drug-likeness (QED) is 0.468. The minimum Gasteiger partial charge on any atom is -0.435 e. The van der Waals surface area contributed by atoms with Gasteiger partial charge < -0.3 is 4.74 Å². The molecular formula is C15H16O3S. The molecule has 0 bridgehead atoms. The lowest BCUT2D eigenvalue weighted by Crippen LogP contribution is -2.04. The van der Waals surface area contributed by atoms with Crippen molar-refractivity contribution in [1.29, 1.82) is 0 Å². The van der Waals surface area contributed by atoms with E-state index in [1.165, 1.54) is 24.9 Å². The average molecular weight is 276 g/mol. The van der Waals surface area contributed by atoms with Gasteiger partial charge in [0.1, 0.15) is 0 Å². The van der Waals surface area contributed by atoms with Gasteiger partial charge in [0.15, 0.2) is 0 Å². The second kappa shape index (κ2) is 7.59. The molecule has 0 aliphatic heterocycles. The lowest BCUT2D eigenvalue weighted by molar-refractivity contribution is -0.135. The molecule has 100 valence electrons. The minimum atomic E-state index is -0.385. The van der Waals surface area contributed by atoms with Crippen molar-refractivity contribution in [2.75, 3.05) is 0 Å². The lowest BCUT2D eigenvalue weighted by atomic mass is 10.2. The molecule has 1 atom stereocenters. The van der Waals surface area contributed by atoms with Crippen LogP contribution in [0.5, 0.6) is 0 Å². The van der Waals surface area contributed by atoms with Gasteiger partial charge in [0.25, 0.3) is 0 Å². The topological polar surface area (TPSA) is 43.4 Å². The van der Waals surface area contributed by atoms with Crippen LogP contribution in [-0.4, -0.2) is 16.3 Å². The van der Waals surface area contributed by atoms with E-state index >= 15 is 0 Å². The maximum Gasteiger partial charge on any atom is 0.307 e. The predicted octanol–water partition coefficient (Wildman–Crippen LogP) is 3.58. The Bertz CT molecular complexity index is 491. The van der Waals surface area contributed by atoms with E-state index in [0.717, 1.165) is 5.57 Å². The van der Waals surface area contributed by atoms with Crippen LogP contribution >= 0.6 is 11.8 Å². The third-order valence-corrected chi connectivity index (χ3v) is 3.44. The van der Waals surface area contributed by atoms with Crippen LogP contribution in [0.1, 0.15) is 24.2 Å². The molecule has 1 rings (SSSR count). The second-order valence-corrected chi connectivity index (χ2v) is 5.21. The van der Waals surface area contributed by atoms with E-state index in [1.807, 2.05) is 25.1 Å². The van der Waals surface area contributed by atoms with Gasteiger partial charge >= 0.3 is 5.97 Å². The van der Waals surface area contributed by atoms with Gasteiger partial charge in [0.2, 0.25) is 5.12 Å². The molecule has 1 unspecified atom stereocenters. The van der Waals surface area contributed by atoms with E-state index in [-0.39, 0.29) is 16.3 Å². The first-order valence-electron chi connectivity index (χ1n) is 5.79. The molecule has 4 heteroatoms. The Hall–Kier alpha value is -1.81. The monoisotopic (exact) mass is 276 g/mol. The minimum absolute atomic E-state index is 0.00450. The number of benzene rings is 1. The highest BCUT2D eigenvalue weighted by Crippen LogP contribution is 2.23. The molecule has 0 saturated heterocycles. The van der Waals surface area contributed by atoms with Crippen LogP contribution in [0.15, 0.2) is 54.8 Å². The molecule has 0 radical (unpaired) electrons. The fourth-order valence-electron chi connectivity index (χ4n) is 1.23. The van der Waals surface area contributed by atoms with Gasteiger partial charge in [-0.05, 0) is 18.6 Å². The van der Waals surface area contributed by atoms with E-state index in [0.29, 0.717) is 5.56 Å². The third-order valence-electron chi connectivity index (χ3n) is 2.33. The van der Waals surface area contributed by atoms with Crippen LogP contribution in [-0.2, 0) is 9.53 Å². The third kappa shape index (κ3) is 5.57. The molecule has 1 aromatic carbocycles. The van der Waals surface area contributed by atoms with Crippen LogP contribution in [0.25, 0.3) is 0 Å². The molecule has 3 nitrogen and oxygen atoms in total. The number of thioether (sulfide) groups is 1. The summed E-state index contributed by atoms with van der Waals surface area (Å²) in [6, 6.07) is 9.08. The number of allylic oxidation sites excluding steroid dienone is 1. The zero-order chi connectivity index (χ0) is 14.3. The molecule has 19 heavy (non-hydrogen) atoms. The highest BCUT2D eigenvalue weighted by Gasteiger charge is 2.13. The van der Waals surface area contributed by atoms with Crippen LogP contribution in [0, 0.1) is 0 Å². The molecule has 0 aromatic heterocycles.